The predicted octanol–water partition coefficient (Wildman–Crippen LogP) is 3.45. The maximum atomic E-state index is 6.41. The lowest BCUT2D eigenvalue weighted by molar-refractivity contribution is 0.308. The van der Waals surface area contributed by atoms with Crippen LogP contribution in [0.2, 0.25) is 0 Å². The lowest BCUT2D eigenvalue weighted by Crippen LogP contribution is -2.23. The maximum absolute atomic E-state index is 6.41. The largest absolute Gasteiger partial charge is 0.324 e. The summed E-state index contributed by atoms with van der Waals surface area (Å²) >= 11 is 0. The van der Waals surface area contributed by atoms with Crippen molar-refractivity contribution in [3.8, 4) is 5.69 Å². The summed E-state index contributed by atoms with van der Waals surface area (Å²) < 4.78 is 1.91. The minimum absolute atomic E-state index is 0.137. The minimum atomic E-state index is 0.137. The van der Waals surface area contributed by atoms with Crippen molar-refractivity contribution in [2.45, 2.75) is 38.1 Å². The van der Waals surface area contributed by atoms with Crippen LogP contribution in [0.4, 0.5) is 0 Å². The molecule has 3 rings (SSSR count). The third-order valence-electron chi connectivity index (χ3n) is 4.17. The molecule has 2 N–H and O–H groups in total. The second-order valence-electron chi connectivity index (χ2n) is 5.48. The minimum Gasteiger partial charge on any atom is -0.324 e. The Kier molecular flexibility index (Phi) is 3.65. The van der Waals surface area contributed by atoms with E-state index in [2.05, 4.69) is 23.4 Å². The van der Waals surface area contributed by atoms with Crippen LogP contribution < -0.4 is 5.73 Å². The molecule has 0 bridgehead atoms. The molecule has 1 fully saturated rings. The second kappa shape index (κ2) is 5.57. The topological polar surface area (TPSA) is 43.8 Å². The number of rotatable bonds is 3. The first-order chi connectivity index (χ1) is 9.34. The van der Waals surface area contributed by atoms with Crippen LogP contribution in [0.15, 0.2) is 42.7 Å². The fourth-order valence-corrected chi connectivity index (χ4v) is 3.00. The maximum Gasteiger partial charge on any atom is 0.0645 e. The van der Waals surface area contributed by atoms with Gasteiger partial charge in [0.15, 0.2) is 0 Å². The molecular formula is C16H21N3. The van der Waals surface area contributed by atoms with E-state index >= 15 is 0 Å². The van der Waals surface area contributed by atoms with Crippen molar-refractivity contribution in [2.24, 2.45) is 11.7 Å². The molecule has 1 aliphatic carbocycles. The van der Waals surface area contributed by atoms with Crippen molar-refractivity contribution in [2.75, 3.05) is 0 Å². The number of para-hydroxylation sites is 1. The van der Waals surface area contributed by atoms with Crippen molar-refractivity contribution in [3.05, 3.63) is 48.3 Å². The number of nitrogens with two attached hydrogens (primary N) is 1. The van der Waals surface area contributed by atoms with Gasteiger partial charge in [-0.3, -0.25) is 0 Å². The van der Waals surface area contributed by atoms with E-state index in [1.807, 2.05) is 29.1 Å². The van der Waals surface area contributed by atoms with Crippen LogP contribution in [-0.2, 0) is 0 Å². The summed E-state index contributed by atoms with van der Waals surface area (Å²) in [6.45, 7) is 0. The highest BCUT2D eigenvalue weighted by molar-refractivity contribution is 5.31. The fourth-order valence-electron chi connectivity index (χ4n) is 3.00. The monoisotopic (exact) mass is 255 g/mol. The van der Waals surface area contributed by atoms with Crippen molar-refractivity contribution in [3.63, 3.8) is 0 Å². The van der Waals surface area contributed by atoms with Gasteiger partial charge in [-0.15, -0.1) is 0 Å². The number of hydrogen-bond acceptors (Lipinski definition) is 2. The molecule has 100 valence electrons. The zero-order valence-electron chi connectivity index (χ0n) is 11.2. The summed E-state index contributed by atoms with van der Waals surface area (Å²) in [7, 11) is 0. The van der Waals surface area contributed by atoms with Gasteiger partial charge in [0.2, 0.25) is 0 Å². The zero-order valence-corrected chi connectivity index (χ0v) is 11.2. The van der Waals surface area contributed by atoms with E-state index in [4.69, 9.17) is 5.73 Å². The van der Waals surface area contributed by atoms with E-state index in [-0.39, 0.29) is 6.04 Å². The molecule has 3 heteroatoms. The molecule has 0 aliphatic heterocycles. The second-order valence-corrected chi connectivity index (χ2v) is 5.48. The van der Waals surface area contributed by atoms with Crippen LogP contribution in [0, 0.1) is 5.92 Å². The molecular weight excluding hydrogens is 234 g/mol. The Morgan fingerprint density at radius 2 is 1.84 bits per heavy atom. The molecule has 0 saturated heterocycles. The van der Waals surface area contributed by atoms with Gasteiger partial charge in [-0.1, -0.05) is 37.5 Å². The van der Waals surface area contributed by atoms with Crippen LogP contribution in [0.25, 0.3) is 5.69 Å². The molecule has 1 atom stereocenters. The Morgan fingerprint density at radius 1 is 1.11 bits per heavy atom. The highest BCUT2D eigenvalue weighted by Gasteiger charge is 2.22. The predicted molar refractivity (Wildman–Crippen MR) is 77.1 cm³/mol. The van der Waals surface area contributed by atoms with E-state index in [9.17, 15) is 0 Å². The Hall–Kier alpha value is -1.61. The van der Waals surface area contributed by atoms with Crippen LogP contribution >= 0.6 is 0 Å². The molecule has 1 heterocycles. The molecule has 1 aromatic carbocycles. The van der Waals surface area contributed by atoms with E-state index < -0.39 is 0 Å². The SMILES string of the molecule is NC(c1cnn(-c2ccccc2)c1)C1CCCCC1. The number of benzene rings is 1. The smallest absolute Gasteiger partial charge is 0.0645 e. The molecule has 0 radical (unpaired) electrons. The van der Waals surface area contributed by atoms with E-state index in [1.54, 1.807) is 0 Å². The van der Waals surface area contributed by atoms with E-state index in [1.165, 1.54) is 32.1 Å². The summed E-state index contributed by atoms with van der Waals surface area (Å²) in [4.78, 5) is 0. The molecule has 1 aliphatic rings. The van der Waals surface area contributed by atoms with Crippen LogP contribution in [0.3, 0.4) is 0 Å². The Bertz CT molecular complexity index is 512. The van der Waals surface area contributed by atoms with Crippen molar-refractivity contribution in [1.29, 1.82) is 0 Å². The van der Waals surface area contributed by atoms with Gasteiger partial charge in [-0.25, -0.2) is 4.68 Å². The zero-order chi connectivity index (χ0) is 13.1. The molecule has 3 nitrogen and oxygen atoms in total. The summed E-state index contributed by atoms with van der Waals surface area (Å²) in [5.74, 6) is 0.627. The highest BCUT2D eigenvalue weighted by atomic mass is 15.3. The van der Waals surface area contributed by atoms with Gasteiger partial charge in [0.25, 0.3) is 0 Å². The van der Waals surface area contributed by atoms with Crippen molar-refractivity contribution < 1.29 is 0 Å². The fraction of sp³-hybridized carbons (Fsp3) is 0.438. The normalized spacial score (nSPS) is 18.4. The molecule has 1 saturated carbocycles. The molecule has 1 aromatic heterocycles. The van der Waals surface area contributed by atoms with Gasteiger partial charge >= 0.3 is 0 Å². The first-order valence-electron chi connectivity index (χ1n) is 7.20. The third kappa shape index (κ3) is 2.71. The van der Waals surface area contributed by atoms with E-state index in [0.29, 0.717) is 5.92 Å². The lowest BCUT2D eigenvalue weighted by atomic mass is 9.82. The van der Waals surface area contributed by atoms with Gasteiger partial charge in [-0.05, 0) is 30.9 Å². The number of hydrogen-bond donors (Lipinski definition) is 1. The summed E-state index contributed by atoms with van der Waals surface area (Å²) in [5.41, 5.74) is 8.66. The molecule has 0 amide bonds. The van der Waals surface area contributed by atoms with Crippen LogP contribution in [0.1, 0.15) is 43.7 Å². The summed E-state index contributed by atoms with van der Waals surface area (Å²) in [6, 6.07) is 10.3. The average molecular weight is 255 g/mol. The standard InChI is InChI=1S/C16H21N3/c17-16(13-7-3-1-4-8-13)14-11-18-19(12-14)15-9-5-2-6-10-15/h2,5-6,9-13,16H,1,3-4,7-8,17H2. The average Bonchev–Trinajstić information content (AvgIpc) is 2.98. The van der Waals surface area contributed by atoms with Gasteiger partial charge in [0, 0.05) is 17.8 Å². The van der Waals surface area contributed by atoms with Crippen molar-refractivity contribution in [1.82, 2.24) is 9.78 Å². The summed E-state index contributed by atoms with van der Waals surface area (Å²) in [5, 5.41) is 4.44. The van der Waals surface area contributed by atoms with Crippen molar-refractivity contribution >= 4 is 0 Å². The first-order valence-corrected chi connectivity index (χ1v) is 7.20. The lowest BCUT2D eigenvalue weighted by Gasteiger charge is -2.26. The number of aromatic nitrogens is 2. The van der Waals surface area contributed by atoms with Crippen LogP contribution in [-0.4, -0.2) is 9.78 Å². The highest BCUT2D eigenvalue weighted by Crippen LogP contribution is 2.32. The first kappa shape index (κ1) is 12.4. The summed E-state index contributed by atoms with van der Waals surface area (Å²) in [6.07, 6.45) is 10.5. The van der Waals surface area contributed by atoms with Gasteiger partial charge in [0.1, 0.15) is 0 Å². The quantitative estimate of drug-likeness (QED) is 0.912. The van der Waals surface area contributed by atoms with Gasteiger partial charge < -0.3 is 5.73 Å². The molecule has 2 aromatic rings. The Balaban J connectivity index is 1.77. The molecule has 19 heavy (non-hydrogen) atoms. The molecule has 1 unspecified atom stereocenters. The van der Waals surface area contributed by atoms with Crippen LogP contribution in [0.5, 0.6) is 0 Å². The Labute approximate surface area is 114 Å². The number of nitrogens with zero attached hydrogens (tertiary/aromatic N) is 2. The van der Waals surface area contributed by atoms with E-state index in [0.717, 1.165) is 11.3 Å². The molecule has 0 spiro atoms. The van der Waals surface area contributed by atoms with Gasteiger partial charge in [-0.2, -0.15) is 5.10 Å². The Morgan fingerprint density at radius 3 is 2.58 bits per heavy atom. The third-order valence-corrected chi connectivity index (χ3v) is 4.17. The van der Waals surface area contributed by atoms with Gasteiger partial charge in [0.05, 0.1) is 11.9 Å².